The molecular formula is C16H18FN3O2. The van der Waals surface area contributed by atoms with E-state index in [9.17, 15) is 9.18 Å². The summed E-state index contributed by atoms with van der Waals surface area (Å²) in [5.74, 6) is 0.975. The second kappa shape index (κ2) is 6.25. The fourth-order valence-electron chi connectivity index (χ4n) is 2.72. The SMILES string of the molecule is CCc1nc([C@H]2CCCN(C(=O)c3ccc(F)cc3)C2)no1. The largest absolute Gasteiger partial charge is 0.339 e. The lowest BCUT2D eigenvalue weighted by molar-refractivity contribution is 0.0703. The van der Waals surface area contributed by atoms with Crippen molar-refractivity contribution in [2.45, 2.75) is 32.1 Å². The monoisotopic (exact) mass is 303 g/mol. The second-order valence-corrected chi connectivity index (χ2v) is 5.50. The molecule has 1 atom stereocenters. The lowest BCUT2D eigenvalue weighted by Gasteiger charge is -2.31. The van der Waals surface area contributed by atoms with Crippen molar-refractivity contribution in [2.24, 2.45) is 0 Å². The van der Waals surface area contributed by atoms with Crippen LogP contribution < -0.4 is 0 Å². The molecule has 0 spiro atoms. The van der Waals surface area contributed by atoms with E-state index in [1.54, 1.807) is 4.90 Å². The zero-order chi connectivity index (χ0) is 15.5. The van der Waals surface area contributed by atoms with Gasteiger partial charge < -0.3 is 9.42 Å². The Kier molecular flexibility index (Phi) is 4.18. The molecule has 0 N–H and O–H groups in total. The van der Waals surface area contributed by atoms with Gasteiger partial charge in [-0.2, -0.15) is 4.98 Å². The van der Waals surface area contributed by atoms with E-state index in [-0.39, 0.29) is 17.6 Å². The van der Waals surface area contributed by atoms with Crippen LogP contribution >= 0.6 is 0 Å². The third-order valence-electron chi connectivity index (χ3n) is 3.95. The Balaban J connectivity index is 1.72. The number of rotatable bonds is 3. The molecule has 1 fully saturated rings. The van der Waals surface area contributed by atoms with Crippen LogP contribution in [0.3, 0.4) is 0 Å². The molecule has 1 aliphatic rings. The number of likely N-dealkylation sites (tertiary alicyclic amines) is 1. The van der Waals surface area contributed by atoms with Gasteiger partial charge in [0.25, 0.3) is 5.91 Å². The Bertz CT molecular complexity index is 654. The van der Waals surface area contributed by atoms with Crippen molar-refractivity contribution in [2.75, 3.05) is 13.1 Å². The highest BCUT2D eigenvalue weighted by atomic mass is 19.1. The number of carbonyl (C=O) groups excluding carboxylic acids is 1. The average molecular weight is 303 g/mol. The predicted molar refractivity (Wildman–Crippen MR) is 78.0 cm³/mol. The lowest BCUT2D eigenvalue weighted by atomic mass is 9.96. The molecule has 3 rings (SSSR count). The smallest absolute Gasteiger partial charge is 0.253 e. The minimum absolute atomic E-state index is 0.0797. The first-order valence-corrected chi connectivity index (χ1v) is 7.54. The summed E-state index contributed by atoms with van der Waals surface area (Å²) >= 11 is 0. The molecule has 0 bridgehead atoms. The quantitative estimate of drug-likeness (QED) is 0.875. The summed E-state index contributed by atoms with van der Waals surface area (Å²) in [4.78, 5) is 18.6. The van der Waals surface area contributed by atoms with E-state index in [0.29, 0.717) is 36.8 Å². The predicted octanol–water partition coefficient (Wildman–Crippen LogP) is 2.79. The fourth-order valence-corrected chi connectivity index (χ4v) is 2.72. The van der Waals surface area contributed by atoms with Crippen LogP contribution in [-0.4, -0.2) is 34.0 Å². The highest BCUT2D eigenvalue weighted by molar-refractivity contribution is 5.94. The second-order valence-electron chi connectivity index (χ2n) is 5.50. The van der Waals surface area contributed by atoms with Crippen LogP contribution in [0.15, 0.2) is 28.8 Å². The molecule has 6 heteroatoms. The summed E-state index contributed by atoms with van der Waals surface area (Å²) < 4.78 is 18.1. The number of nitrogens with zero attached hydrogens (tertiary/aromatic N) is 3. The summed E-state index contributed by atoms with van der Waals surface area (Å²) in [6.07, 6.45) is 2.54. The lowest BCUT2D eigenvalue weighted by Crippen LogP contribution is -2.39. The Hall–Kier alpha value is -2.24. The summed E-state index contributed by atoms with van der Waals surface area (Å²) in [6, 6.07) is 5.65. The number of benzene rings is 1. The van der Waals surface area contributed by atoms with Gasteiger partial charge >= 0.3 is 0 Å². The van der Waals surface area contributed by atoms with Crippen molar-refractivity contribution in [3.63, 3.8) is 0 Å². The van der Waals surface area contributed by atoms with Crippen molar-refractivity contribution in [1.82, 2.24) is 15.0 Å². The van der Waals surface area contributed by atoms with E-state index in [1.807, 2.05) is 6.92 Å². The molecule has 5 nitrogen and oxygen atoms in total. The van der Waals surface area contributed by atoms with Crippen molar-refractivity contribution < 1.29 is 13.7 Å². The summed E-state index contributed by atoms with van der Waals surface area (Å²) in [5, 5.41) is 4.02. The molecule has 116 valence electrons. The molecule has 22 heavy (non-hydrogen) atoms. The van der Waals surface area contributed by atoms with Crippen LogP contribution in [0.5, 0.6) is 0 Å². The molecule has 1 saturated heterocycles. The van der Waals surface area contributed by atoms with Gasteiger partial charge in [-0.15, -0.1) is 0 Å². The normalized spacial score (nSPS) is 18.5. The zero-order valence-corrected chi connectivity index (χ0v) is 12.5. The highest BCUT2D eigenvalue weighted by Crippen LogP contribution is 2.26. The minimum Gasteiger partial charge on any atom is -0.339 e. The van der Waals surface area contributed by atoms with Gasteiger partial charge in [-0.3, -0.25) is 4.79 Å². The van der Waals surface area contributed by atoms with E-state index in [4.69, 9.17) is 4.52 Å². The van der Waals surface area contributed by atoms with Crippen LogP contribution in [0.25, 0.3) is 0 Å². The third-order valence-corrected chi connectivity index (χ3v) is 3.95. The molecule has 0 saturated carbocycles. The van der Waals surface area contributed by atoms with Crippen molar-refractivity contribution in [1.29, 1.82) is 0 Å². The highest BCUT2D eigenvalue weighted by Gasteiger charge is 2.28. The Labute approximate surface area is 128 Å². The summed E-state index contributed by atoms with van der Waals surface area (Å²) in [5.41, 5.74) is 0.504. The van der Waals surface area contributed by atoms with Gasteiger partial charge in [-0.25, -0.2) is 4.39 Å². The molecule has 0 aliphatic carbocycles. The number of amides is 1. The molecule has 2 heterocycles. The number of carbonyl (C=O) groups is 1. The first-order chi connectivity index (χ1) is 10.7. The van der Waals surface area contributed by atoms with Gasteiger partial charge in [0.15, 0.2) is 5.82 Å². The van der Waals surface area contributed by atoms with Crippen LogP contribution in [0.4, 0.5) is 4.39 Å². The molecule has 0 unspecified atom stereocenters. The standard InChI is InChI=1S/C16H18FN3O2/c1-2-14-18-15(19-22-14)12-4-3-9-20(10-12)16(21)11-5-7-13(17)8-6-11/h5-8,12H,2-4,9-10H2,1H3/t12-/m0/s1. The number of aromatic nitrogens is 2. The maximum Gasteiger partial charge on any atom is 0.253 e. The van der Waals surface area contributed by atoms with E-state index < -0.39 is 0 Å². The number of piperidine rings is 1. The number of hydrogen-bond donors (Lipinski definition) is 0. The van der Waals surface area contributed by atoms with E-state index in [2.05, 4.69) is 10.1 Å². The summed E-state index contributed by atoms with van der Waals surface area (Å²) in [6.45, 7) is 3.23. The number of hydrogen-bond acceptors (Lipinski definition) is 4. The van der Waals surface area contributed by atoms with E-state index in [1.165, 1.54) is 24.3 Å². The Morgan fingerprint density at radius 3 is 2.86 bits per heavy atom. The molecular weight excluding hydrogens is 285 g/mol. The van der Waals surface area contributed by atoms with Crippen molar-refractivity contribution >= 4 is 5.91 Å². The van der Waals surface area contributed by atoms with Gasteiger partial charge in [-0.1, -0.05) is 12.1 Å². The molecule has 1 aromatic carbocycles. The number of halogens is 1. The maximum absolute atomic E-state index is 13.0. The topological polar surface area (TPSA) is 59.2 Å². The van der Waals surface area contributed by atoms with Crippen LogP contribution in [0.2, 0.25) is 0 Å². The van der Waals surface area contributed by atoms with Crippen LogP contribution in [-0.2, 0) is 6.42 Å². The summed E-state index contributed by atoms with van der Waals surface area (Å²) in [7, 11) is 0. The van der Waals surface area contributed by atoms with Gasteiger partial charge in [0.2, 0.25) is 5.89 Å². The first-order valence-electron chi connectivity index (χ1n) is 7.54. The first kappa shape index (κ1) is 14.7. The van der Waals surface area contributed by atoms with Crippen LogP contribution in [0, 0.1) is 5.82 Å². The molecule has 2 aromatic rings. The van der Waals surface area contributed by atoms with Crippen molar-refractivity contribution in [3.8, 4) is 0 Å². The van der Waals surface area contributed by atoms with Gasteiger partial charge in [0.05, 0.1) is 0 Å². The zero-order valence-electron chi connectivity index (χ0n) is 12.5. The Morgan fingerprint density at radius 1 is 1.41 bits per heavy atom. The maximum atomic E-state index is 13.0. The average Bonchev–Trinajstić information content (AvgIpc) is 3.04. The van der Waals surface area contributed by atoms with E-state index >= 15 is 0 Å². The molecule has 1 amide bonds. The number of aryl methyl sites for hydroxylation is 1. The van der Waals surface area contributed by atoms with Gasteiger partial charge in [0.1, 0.15) is 5.82 Å². The molecule has 1 aromatic heterocycles. The molecule has 0 radical (unpaired) electrons. The van der Waals surface area contributed by atoms with Crippen molar-refractivity contribution in [3.05, 3.63) is 47.4 Å². The van der Waals surface area contributed by atoms with Gasteiger partial charge in [-0.05, 0) is 37.1 Å². The molecule has 1 aliphatic heterocycles. The fraction of sp³-hybridized carbons (Fsp3) is 0.438. The third kappa shape index (κ3) is 3.00. The van der Waals surface area contributed by atoms with Crippen LogP contribution in [0.1, 0.15) is 47.8 Å². The van der Waals surface area contributed by atoms with Gasteiger partial charge in [0, 0.05) is 31.0 Å². The minimum atomic E-state index is -0.341. The van der Waals surface area contributed by atoms with E-state index in [0.717, 1.165) is 12.8 Å². The Morgan fingerprint density at radius 2 is 2.18 bits per heavy atom.